The van der Waals surface area contributed by atoms with Gasteiger partial charge in [-0.15, -0.1) is 0 Å². The summed E-state index contributed by atoms with van der Waals surface area (Å²) in [5, 5.41) is 6.72. The molecule has 130 valence electrons. The second-order valence-corrected chi connectivity index (χ2v) is 5.63. The molecule has 0 radical (unpaired) electrons. The Morgan fingerprint density at radius 2 is 1.65 bits per heavy atom. The van der Waals surface area contributed by atoms with Crippen molar-refractivity contribution in [2.24, 2.45) is 4.99 Å². The summed E-state index contributed by atoms with van der Waals surface area (Å²) in [6.07, 6.45) is 7.04. The third-order valence-electron chi connectivity index (χ3n) is 3.71. The van der Waals surface area contributed by atoms with Crippen LogP contribution in [0, 0.1) is 0 Å². The molecule has 0 aliphatic rings. The molecular weight excluding hydrogens is 286 g/mol. The lowest BCUT2D eigenvalue weighted by atomic mass is 10.1. The van der Waals surface area contributed by atoms with Gasteiger partial charge in [0.15, 0.2) is 5.96 Å². The summed E-state index contributed by atoms with van der Waals surface area (Å²) in [5.74, 6) is 0.907. The first-order valence-electron chi connectivity index (χ1n) is 8.93. The molecule has 0 atom stereocenters. The fourth-order valence-corrected chi connectivity index (χ4v) is 2.38. The summed E-state index contributed by atoms with van der Waals surface area (Å²) < 4.78 is 5.33. The molecule has 0 saturated heterocycles. The molecule has 0 bridgehead atoms. The third-order valence-corrected chi connectivity index (χ3v) is 3.71. The van der Waals surface area contributed by atoms with E-state index in [1.54, 1.807) is 0 Å². The van der Waals surface area contributed by atoms with Crippen LogP contribution < -0.4 is 10.6 Å². The number of aliphatic imine (C=N–C) groups is 1. The van der Waals surface area contributed by atoms with Crippen molar-refractivity contribution < 1.29 is 4.74 Å². The number of ether oxygens (including phenoxy) is 1. The van der Waals surface area contributed by atoms with Crippen LogP contribution in [0.3, 0.4) is 0 Å². The fourth-order valence-electron chi connectivity index (χ4n) is 2.38. The minimum absolute atomic E-state index is 0.806. The topological polar surface area (TPSA) is 45.6 Å². The molecule has 0 spiro atoms. The Kier molecular flexibility index (Phi) is 11.9. The van der Waals surface area contributed by atoms with Gasteiger partial charge in [0.1, 0.15) is 0 Å². The van der Waals surface area contributed by atoms with E-state index in [1.165, 1.54) is 31.2 Å². The molecule has 1 aromatic carbocycles. The molecule has 0 unspecified atom stereocenters. The molecular formula is C19H33N3O. The van der Waals surface area contributed by atoms with Gasteiger partial charge >= 0.3 is 0 Å². The van der Waals surface area contributed by atoms with Gasteiger partial charge in [0, 0.05) is 33.4 Å². The van der Waals surface area contributed by atoms with E-state index in [-0.39, 0.29) is 0 Å². The Bertz CT molecular complexity index is 406. The van der Waals surface area contributed by atoms with E-state index in [0.717, 1.165) is 45.1 Å². The molecule has 23 heavy (non-hydrogen) atoms. The maximum Gasteiger partial charge on any atom is 0.190 e. The van der Waals surface area contributed by atoms with Gasteiger partial charge in [0.05, 0.1) is 0 Å². The van der Waals surface area contributed by atoms with Gasteiger partial charge in [-0.25, -0.2) is 0 Å². The minimum atomic E-state index is 0.806. The second kappa shape index (κ2) is 14.1. The molecule has 0 aliphatic carbocycles. The molecule has 0 aliphatic heterocycles. The maximum atomic E-state index is 5.33. The van der Waals surface area contributed by atoms with Crippen LogP contribution in [0.1, 0.15) is 44.6 Å². The largest absolute Gasteiger partial charge is 0.382 e. The number of benzene rings is 1. The zero-order valence-corrected chi connectivity index (χ0v) is 14.8. The molecule has 1 aromatic rings. The number of rotatable bonds is 12. The number of nitrogens with zero attached hydrogens (tertiary/aromatic N) is 1. The number of aryl methyl sites for hydroxylation is 1. The van der Waals surface area contributed by atoms with E-state index in [9.17, 15) is 0 Å². The lowest BCUT2D eigenvalue weighted by Crippen LogP contribution is -2.38. The number of guanidine groups is 1. The van der Waals surface area contributed by atoms with Gasteiger partial charge in [-0.2, -0.15) is 0 Å². The van der Waals surface area contributed by atoms with E-state index >= 15 is 0 Å². The molecule has 1 rings (SSSR count). The van der Waals surface area contributed by atoms with Crippen molar-refractivity contribution in [1.82, 2.24) is 10.6 Å². The summed E-state index contributed by atoms with van der Waals surface area (Å²) in [4.78, 5) is 4.25. The molecule has 4 nitrogen and oxygen atoms in total. The summed E-state index contributed by atoms with van der Waals surface area (Å²) in [7, 11) is 1.82. The van der Waals surface area contributed by atoms with Crippen LogP contribution in [-0.2, 0) is 11.2 Å². The molecule has 0 saturated carbocycles. The van der Waals surface area contributed by atoms with Crippen LogP contribution in [0.4, 0.5) is 0 Å². The van der Waals surface area contributed by atoms with Crippen molar-refractivity contribution in [2.45, 2.75) is 45.4 Å². The summed E-state index contributed by atoms with van der Waals surface area (Å²) in [6.45, 7) is 5.62. The predicted molar refractivity (Wildman–Crippen MR) is 99.1 cm³/mol. The maximum absolute atomic E-state index is 5.33. The number of unbranched alkanes of at least 4 members (excludes halogenated alkanes) is 3. The van der Waals surface area contributed by atoms with Crippen molar-refractivity contribution in [1.29, 1.82) is 0 Å². The molecule has 0 amide bonds. The number of hydrogen-bond donors (Lipinski definition) is 2. The molecule has 4 heteroatoms. The Balaban J connectivity index is 1.96. The minimum Gasteiger partial charge on any atom is -0.382 e. The van der Waals surface area contributed by atoms with Crippen molar-refractivity contribution in [3.8, 4) is 0 Å². The fraction of sp³-hybridized carbons (Fsp3) is 0.632. The van der Waals surface area contributed by atoms with E-state index in [4.69, 9.17) is 4.74 Å². The summed E-state index contributed by atoms with van der Waals surface area (Å²) >= 11 is 0. The highest BCUT2D eigenvalue weighted by molar-refractivity contribution is 5.79. The smallest absolute Gasteiger partial charge is 0.190 e. The SMILES string of the molecule is CCOCCCCNC(=NC)NCCCCCc1ccccc1. The Morgan fingerprint density at radius 3 is 2.30 bits per heavy atom. The lowest BCUT2D eigenvalue weighted by molar-refractivity contribution is 0.143. The first-order valence-corrected chi connectivity index (χ1v) is 8.93. The normalized spacial score (nSPS) is 11.5. The zero-order chi connectivity index (χ0) is 16.6. The van der Waals surface area contributed by atoms with Gasteiger partial charge < -0.3 is 15.4 Å². The van der Waals surface area contributed by atoms with Gasteiger partial charge in [-0.1, -0.05) is 36.8 Å². The van der Waals surface area contributed by atoms with Crippen LogP contribution >= 0.6 is 0 Å². The Hall–Kier alpha value is -1.55. The number of nitrogens with one attached hydrogen (secondary N) is 2. The quantitative estimate of drug-likeness (QED) is 0.353. The van der Waals surface area contributed by atoms with Gasteiger partial charge in [0.25, 0.3) is 0 Å². The van der Waals surface area contributed by atoms with Crippen LogP contribution in [-0.4, -0.2) is 39.3 Å². The lowest BCUT2D eigenvalue weighted by Gasteiger charge is -2.11. The van der Waals surface area contributed by atoms with E-state index in [1.807, 2.05) is 14.0 Å². The zero-order valence-electron chi connectivity index (χ0n) is 14.8. The molecule has 0 heterocycles. The first kappa shape index (κ1) is 19.5. The average molecular weight is 319 g/mol. The summed E-state index contributed by atoms with van der Waals surface area (Å²) in [6, 6.07) is 10.7. The highest BCUT2D eigenvalue weighted by atomic mass is 16.5. The van der Waals surface area contributed by atoms with Gasteiger partial charge in [-0.3, -0.25) is 4.99 Å². The highest BCUT2D eigenvalue weighted by Crippen LogP contribution is 2.05. The highest BCUT2D eigenvalue weighted by Gasteiger charge is 1.97. The third kappa shape index (κ3) is 10.7. The monoisotopic (exact) mass is 319 g/mol. The Labute approximate surface area is 141 Å². The van der Waals surface area contributed by atoms with E-state index in [2.05, 4.69) is 46.0 Å². The van der Waals surface area contributed by atoms with Gasteiger partial charge in [-0.05, 0) is 44.6 Å². The first-order chi connectivity index (χ1) is 11.4. The van der Waals surface area contributed by atoms with Crippen LogP contribution in [0.2, 0.25) is 0 Å². The van der Waals surface area contributed by atoms with E-state index in [0.29, 0.717) is 0 Å². The van der Waals surface area contributed by atoms with Crippen molar-refractivity contribution >= 4 is 5.96 Å². The van der Waals surface area contributed by atoms with Gasteiger partial charge in [0.2, 0.25) is 0 Å². The summed E-state index contributed by atoms with van der Waals surface area (Å²) in [5.41, 5.74) is 1.44. The molecule has 0 fully saturated rings. The van der Waals surface area contributed by atoms with Crippen molar-refractivity contribution in [2.75, 3.05) is 33.4 Å². The van der Waals surface area contributed by atoms with Crippen LogP contribution in [0.5, 0.6) is 0 Å². The van der Waals surface area contributed by atoms with Crippen LogP contribution in [0.25, 0.3) is 0 Å². The average Bonchev–Trinajstić information content (AvgIpc) is 2.60. The van der Waals surface area contributed by atoms with Crippen molar-refractivity contribution in [3.63, 3.8) is 0 Å². The van der Waals surface area contributed by atoms with E-state index < -0.39 is 0 Å². The molecule has 2 N–H and O–H groups in total. The Morgan fingerprint density at radius 1 is 0.957 bits per heavy atom. The molecule has 0 aromatic heterocycles. The second-order valence-electron chi connectivity index (χ2n) is 5.63. The number of hydrogen-bond acceptors (Lipinski definition) is 2. The van der Waals surface area contributed by atoms with Crippen molar-refractivity contribution in [3.05, 3.63) is 35.9 Å². The predicted octanol–water partition coefficient (Wildman–Crippen LogP) is 3.38. The van der Waals surface area contributed by atoms with Crippen LogP contribution in [0.15, 0.2) is 35.3 Å². The standard InChI is InChI=1S/C19H33N3O/c1-3-23-17-11-10-16-22-19(20-2)21-15-9-5-8-14-18-12-6-4-7-13-18/h4,6-7,12-13H,3,5,8-11,14-17H2,1-2H3,(H2,20,21,22).